The van der Waals surface area contributed by atoms with E-state index in [2.05, 4.69) is 15.1 Å². The van der Waals surface area contributed by atoms with Crippen molar-refractivity contribution in [3.05, 3.63) is 48.3 Å². The normalized spacial score (nSPS) is 11.3. The number of hydrogen-bond donors (Lipinski definition) is 2. The van der Waals surface area contributed by atoms with Gasteiger partial charge in [0.25, 0.3) is 0 Å². The van der Waals surface area contributed by atoms with Crippen molar-refractivity contribution in [3.8, 4) is 0 Å². The molecule has 0 bridgehead atoms. The highest BCUT2D eigenvalue weighted by Crippen LogP contribution is 2.08. The highest BCUT2D eigenvalue weighted by molar-refractivity contribution is 7.89. The lowest BCUT2D eigenvalue weighted by molar-refractivity contribution is -0.118. The van der Waals surface area contributed by atoms with Gasteiger partial charge in [-0.05, 0) is 5.56 Å². The fraction of sp³-hybridized carbons (Fsp3) is 0.286. The topological polar surface area (TPSA) is 93.1 Å². The SMILES string of the molecule is CC(=O)NCCNS(=O)(=O)c1cnn(Cc2ccccc2)c1. The maximum atomic E-state index is 12.1. The van der Waals surface area contributed by atoms with Gasteiger partial charge in [-0.25, -0.2) is 13.1 Å². The van der Waals surface area contributed by atoms with E-state index in [1.165, 1.54) is 19.3 Å². The van der Waals surface area contributed by atoms with E-state index in [1.807, 2.05) is 30.3 Å². The van der Waals surface area contributed by atoms with Gasteiger partial charge in [-0.2, -0.15) is 5.10 Å². The quantitative estimate of drug-likeness (QED) is 0.719. The molecular formula is C14H18N4O3S. The van der Waals surface area contributed by atoms with E-state index in [9.17, 15) is 13.2 Å². The molecule has 0 aliphatic heterocycles. The van der Waals surface area contributed by atoms with Crippen LogP contribution in [0.2, 0.25) is 0 Å². The Hall–Kier alpha value is -2.19. The van der Waals surface area contributed by atoms with E-state index in [0.717, 1.165) is 5.56 Å². The average molecular weight is 322 g/mol. The van der Waals surface area contributed by atoms with Crippen LogP contribution in [0.4, 0.5) is 0 Å². The molecule has 8 heteroatoms. The molecule has 1 heterocycles. The Bertz CT molecular complexity index is 726. The third-order valence-electron chi connectivity index (χ3n) is 2.90. The van der Waals surface area contributed by atoms with Crippen LogP contribution in [0.5, 0.6) is 0 Å². The highest BCUT2D eigenvalue weighted by Gasteiger charge is 2.15. The molecular weight excluding hydrogens is 304 g/mol. The molecule has 0 saturated heterocycles. The molecule has 2 rings (SSSR count). The summed E-state index contributed by atoms with van der Waals surface area (Å²) >= 11 is 0. The van der Waals surface area contributed by atoms with Crippen molar-refractivity contribution < 1.29 is 13.2 Å². The van der Waals surface area contributed by atoms with E-state index in [0.29, 0.717) is 6.54 Å². The summed E-state index contributed by atoms with van der Waals surface area (Å²) in [5.41, 5.74) is 1.04. The molecule has 0 unspecified atom stereocenters. The Morgan fingerprint density at radius 1 is 1.23 bits per heavy atom. The number of nitrogens with one attached hydrogen (secondary N) is 2. The van der Waals surface area contributed by atoms with Crippen LogP contribution in [0.3, 0.4) is 0 Å². The third kappa shape index (κ3) is 4.68. The van der Waals surface area contributed by atoms with Crippen molar-refractivity contribution in [1.29, 1.82) is 0 Å². The van der Waals surface area contributed by atoms with E-state index in [4.69, 9.17) is 0 Å². The minimum Gasteiger partial charge on any atom is -0.355 e. The lowest BCUT2D eigenvalue weighted by Gasteiger charge is -2.05. The summed E-state index contributed by atoms with van der Waals surface area (Å²) in [4.78, 5) is 10.8. The number of carbonyl (C=O) groups is 1. The average Bonchev–Trinajstić information content (AvgIpc) is 2.94. The molecule has 2 aromatic rings. The Kier molecular flexibility index (Phi) is 5.29. The summed E-state index contributed by atoms with van der Waals surface area (Å²) in [6.45, 7) is 2.25. The Morgan fingerprint density at radius 2 is 1.95 bits per heavy atom. The Labute approximate surface area is 129 Å². The predicted octanol–water partition coefficient (Wildman–Crippen LogP) is 0.346. The van der Waals surface area contributed by atoms with Gasteiger partial charge in [-0.1, -0.05) is 30.3 Å². The van der Waals surface area contributed by atoms with Gasteiger partial charge in [0, 0.05) is 26.2 Å². The summed E-state index contributed by atoms with van der Waals surface area (Å²) in [6.07, 6.45) is 2.79. The van der Waals surface area contributed by atoms with E-state index in [1.54, 1.807) is 4.68 Å². The summed E-state index contributed by atoms with van der Waals surface area (Å²) in [5, 5.41) is 6.58. The largest absolute Gasteiger partial charge is 0.355 e. The molecule has 0 aliphatic carbocycles. The second kappa shape index (κ2) is 7.19. The first-order chi connectivity index (χ1) is 10.5. The van der Waals surface area contributed by atoms with Crippen LogP contribution in [0.25, 0.3) is 0 Å². The van der Waals surface area contributed by atoms with Gasteiger partial charge in [-0.15, -0.1) is 0 Å². The smallest absolute Gasteiger partial charge is 0.243 e. The molecule has 0 atom stereocenters. The number of aromatic nitrogens is 2. The standard InChI is InChI=1S/C14H18N4O3S/c1-12(19)15-7-8-17-22(20,21)14-9-16-18(11-14)10-13-5-3-2-4-6-13/h2-6,9,11,17H,7-8,10H2,1H3,(H,15,19). The first-order valence-electron chi connectivity index (χ1n) is 6.78. The number of sulfonamides is 1. The lowest BCUT2D eigenvalue weighted by Crippen LogP contribution is -2.33. The van der Waals surface area contributed by atoms with Gasteiger partial charge in [0.05, 0.1) is 12.7 Å². The minimum absolute atomic E-state index is 0.103. The molecule has 1 aromatic heterocycles. The number of rotatable bonds is 7. The summed E-state index contributed by atoms with van der Waals surface area (Å²) < 4.78 is 28.1. The first kappa shape index (κ1) is 16.2. The molecule has 0 aliphatic rings. The Balaban J connectivity index is 1.96. The van der Waals surface area contributed by atoms with Gasteiger partial charge in [0.2, 0.25) is 15.9 Å². The van der Waals surface area contributed by atoms with Crippen molar-refractivity contribution in [2.24, 2.45) is 0 Å². The third-order valence-corrected chi connectivity index (χ3v) is 4.31. The monoisotopic (exact) mass is 322 g/mol. The van der Waals surface area contributed by atoms with Crippen molar-refractivity contribution >= 4 is 15.9 Å². The number of nitrogens with zero attached hydrogens (tertiary/aromatic N) is 2. The Morgan fingerprint density at radius 3 is 2.64 bits per heavy atom. The van der Waals surface area contributed by atoms with Crippen LogP contribution in [0.15, 0.2) is 47.6 Å². The maximum Gasteiger partial charge on any atom is 0.243 e. The first-order valence-corrected chi connectivity index (χ1v) is 8.26. The summed E-state index contributed by atoms with van der Waals surface area (Å²) in [5.74, 6) is -0.199. The van der Waals surface area contributed by atoms with Gasteiger partial charge < -0.3 is 5.32 Å². The second-order valence-electron chi connectivity index (χ2n) is 4.74. The van der Waals surface area contributed by atoms with Crippen LogP contribution < -0.4 is 10.0 Å². The highest BCUT2D eigenvalue weighted by atomic mass is 32.2. The fourth-order valence-corrected chi connectivity index (χ4v) is 2.83. The van der Waals surface area contributed by atoms with Crippen molar-refractivity contribution in [1.82, 2.24) is 19.8 Å². The van der Waals surface area contributed by atoms with Gasteiger partial charge in [0.1, 0.15) is 4.90 Å². The molecule has 1 amide bonds. The zero-order valence-corrected chi connectivity index (χ0v) is 13.0. The molecule has 118 valence electrons. The molecule has 0 radical (unpaired) electrons. The fourth-order valence-electron chi connectivity index (χ4n) is 1.85. The number of carbonyl (C=O) groups excluding carboxylic acids is 1. The number of hydrogen-bond acceptors (Lipinski definition) is 4. The van der Waals surface area contributed by atoms with Crippen molar-refractivity contribution in [2.45, 2.75) is 18.4 Å². The molecule has 1 aromatic carbocycles. The van der Waals surface area contributed by atoms with E-state index in [-0.39, 0.29) is 23.9 Å². The van der Waals surface area contributed by atoms with Gasteiger partial charge in [-0.3, -0.25) is 9.48 Å². The molecule has 22 heavy (non-hydrogen) atoms. The molecule has 7 nitrogen and oxygen atoms in total. The molecule has 0 spiro atoms. The van der Waals surface area contributed by atoms with Crippen LogP contribution in [0, 0.1) is 0 Å². The number of benzene rings is 1. The van der Waals surface area contributed by atoms with Crippen LogP contribution >= 0.6 is 0 Å². The van der Waals surface area contributed by atoms with Crippen LogP contribution in [-0.4, -0.2) is 37.2 Å². The van der Waals surface area contributed by atoms with Gasteiger partial charge >= 0.3 is 0 Å². The zero-order chi connectivity index (χ0) is 16.0. The van der Waals surface area contributed by atoms with E-state index < -0.39 is 10.0 Å². The second-order valence-corrected chi connectivity index (χ2v) is 6.51. The van der Waals surface area contributed by atoms with Crippen molar-refractivity contribution in [3.63, 3.8) is 0 Å². The summed E-state index contributed by atoms with van der Waals surface area (Å²) in [6, 6.07) is 9.64. The molecule has 2 N–H and O–H groups in total. The molecule has 0 fully saturated rings. The maximum absolute atomic E-state index is 12.1. The van der Waals surface area contributed by atoms with Crippen LogP contribution in [-0.2, 0) is 21.4 Å². The minimum atomic E-state index is -3.61. The zero-order valence-electron chi connectivity index (χ0n) is 12.2. The molecule has 0 saturated carbocycles. The number of amides is 1. The predicted molar refractivity (Wildman–Crippen MR) is 81.6 cm³/mol. The summed E-state index contributed by atoms with van der Waals surface area (Å²) in [7, 11) is -3.61. The van der Waals surface area contributed by atoms with Crippen molar-refractivity contribution in [2.75, 3.05) is 13.1 Å². The van der Waals surface area contributed by atoms with Crippen LogP contribution in [0.1, 0.15) is 12.5 Å². The van der Waals surface area contributed by atoms with Gasteiger partial charge in [0.15, 0.2) is 0 Å². The van der Waals surface area contributed by atoms with E-state index >= 15 is 0 Å². The lowest BCUT2D eigenvalue weighted by atomic mass is 10.2.